The summed E-state index contributed by atoms with van der Waals surface area (Å²) in [4.78, 5) is 12.4. The topological polar surface area (TPSA) is 62.1 Å². The minimum atomic E-state index is -5.03. The number of amides is 1. The number of aliphatic hydroxyl groups is 1. The average molecular weight is 330 g/mol. The molecule has 1 atom stereocenters. The zero-order valence-corrected chi connectivity index (χ0v) is 12.9. The molecule has 5 nitrogen and oxygen atoms in total. The van der Waals surface area contributed by atoms with E-state index in [1.165, 1.54) is 25.3 Å². The van der Waals surface area contributed by atoms with Gasteiger partial charge < -0.3 is 9.84 Å². The second kappa shape index (κ2) is 5.84. The molecule has 0 aliphatic carbocycles. The molecule has 0 fully saturated rings. The average Bonchev–Trinajstić information content (AvgIpc) is 2.86. The maximum Gasteiger partial charge on any atom is 0.438 e. The summed E-state index contributed by atoms with van der Waals surface area (Å²) < 4.78 is 44.9. The molecule has 0 saturated carbocycles. The summed E-state index contributed by atoms with van der Waals surface area (Å²) in [6.07, 6.45) is -5.79. The van der Waals surface area contributed by atoms with Crippen LogP contribution < -0.4 is 4.74 Å². The summed E-state index contributed by atoms with van der Waals surface area (Å²) in [7, 11) is 1.38. The first-order valence-electron chi connectivity index (χ1n) is 6.95. The Bertz CT molecular complexity index is 643. The van der Waals surface area contributed by atoms with Crippen LogP contribution in [-0.4, -0.2) is 40.7 Å². The number of carbonyl (C=O) groups is 1. The molecule has 23 heavy (non-hydrogen) atoms. The maximum atomic E-state index is 13.3. The molecule has 1 aliphatic heterocycles. The lowest BCUT2D eigenvalue weighted by atomic mass is 9.98. The van der Waals surface area contributed by atoms with Gasteiger partial charge in [-0.25, -0.2) is 0 Å². The normalized spacial score (nSPS) is 21.6. The quantitative estimate of drug-likeness (QED) is 0.927. The molecule has 2 rings (SSSR count). The fraction of sp³-hybridized carbons (Fsp3) is 0.467. The molecule has 1 amide bonds. The van der Waals surface area contributed by atoms with Crippen molar-refractivity contribution in [2.24, 2.45) is 11.0 Å². The maximum absolute atomic E-state index is 13.3. The Kier molecular flexibility index (Phi) is 4.39. The van der Waals surface area contributed by atoms with E-state index in [1.807, 2.05) is 0 Å². The van der Waals surface area contributed by atoms with Crippen molar-refractivity contribution >= 4 is 11.6 Å². The number of halogens is 3. The van der Waals surface area contributed by atoms with E-state index in [2.05, 4.69) is 5.10 Å². The van der Waals surface area contributed by atoms with Crippen molar-refractivity contribution < 1.29 is 27.8 Å². The third-order valence-electron chi connectivity index (χ3n) is 3.64. The summed E-state index contributed by atoms with van der Waals surface area (Å²) in [6.45, 7) is 3.30. The number of hydrogen-bond donors (Lipinski definition) is 1. The van der Waals surface area contributed by atoms with Gasteiger partial charge in [0, 0.05) is 17.7 Å². The molecule has 0 spiro atoms. The van der Waals surface area contributed by atoms with Crippen LogP contribution in [-0.2, 0) is 0 Å². The largest absolute Gasteiger partial charge is 0.497 e. The van der Waals surface area contributed by atoms with E-state index in [0.717, 1.165) is 0 Å². The van der Waals surface area contributed by atoms with Crippen molar-refractivity contribution in [2.75, 3.05) is 7.11 Å². The van der Waals surface area contributed by atoms with Crippen molar-refractivity contribution in [3.05, 3.63) is 29.8 Å². The molecule has 0 saturated heterocycles. The van der Waals surface area contributed by atoms with Gasteiger partial charge in [-0.15, -0.1) is 0 Å². The predicted molar refractivity (Wildman–Crippen MR) is 77.1 cm³/mol. The lowest BCUT2D eigenvalue weighted by Gasteiger charge is -2.32. The Morgan fingerprint density at radius 1 is 1.43 bits per heavy atom. The van der Waals surface area contributed by atoms with Gasteiger partial charge in [-0.2, -0.15) is 23.3 Å². The van der Waals surface area contributed by atoms with Crippen molar-refractivity contribution in [1.29, 1.82) is 0 Å². The molecule has 1 aliphatic rings. The third-order valence-corrected chi connectivity index (χ3v) is 3.64. The van der Waals surface area contributed by atoms with E-state index in [9.17, 15) is 23.1 Å². The van der Waals surface area contributed by atoms with Crippen LogP contribution >= 0.6 is 0 Å². The van der Waals surface area contributed by atoms with Crippen LogP contribution in [0.2, 0.25) is 0 Å². The van der Waals surface area contributed by atoms with Crippen LogP contribution in [0, 0.1) is 5.92 Å². The first-order chi connectivity index (χ1) is 10.6. The van der Waals surface area contributed by atoms with Crippen LogP contribution in [0.25, 0.3) is 0 Å². The number of hydrogen-bond acceptors (Lipinski definition) is 4. The van der Waals surface area contributed by atoms with Crippen molar-refractivity contribution in [2.45, 2.75) is 32.2 Å². The Balaban J connectivity index is 2.45. The summed E-state index contributed by atoms with van der Waals surface area (Å²) in [5.74, 6) is -1.05. The van der Waals surface area contributed by atoms with E-state index in [-0.39, 0.29) is 22.2 Å². The molecule has 126 valence electrons. The van der Waals surface area contributed by atoms with Crippen molar-refractivity contribution in [1.82, 2.24) is 5.01 Å². The predicted octanol–water partition coefficient (Wildman–Crippen LogP) is 2.80. The van der Waals surface area contributed by atoms with Gasteiger partial charge in [0.25, 0.3) is 11.6 Å². The van der Waals surface area contributed by atoms with Gasteiger partial charge in [0.2, 0.25) is 0 Å². The van der Waals surface area contributed by atoms with Crippen molar-refractivity contribution in [3.8, 4) is 5.75 Å². The van der Waals surface area contributed by atoms with Crippen molar-refractivity contribution in [3.63, 3.8) is 0 Å². The third kappa shape index (κ3) is 3.03. The monoisotopic (exact) mass is 330 g/mol. The van der Waals surface area contributed by atoms with Gasteiger partial charge in [-0.1, -0.05) is 19.9 Å². The molecule has 0 radical (unpaired) electrons. The van der Waals surface area contributed by atoms with Crippen LogP contribution in [0.1, 0.15) is 30.6 Å². The van der Waals surface area contributed by atoms with Gasteiger partial charge in [-0.05, 0) is 24.1 Å². The van der Waals surface area contributed by atoms with E-state index in [1.54, 1.807) is 19.9 Å². The summed E-state index contributed by atoms with van der Waals surface area (Å²) >= 11 is 0. The second-order valence-electron chi connectivity index (χ2n) is 5.59. The minimum absolute atomic E-state index is 0.0548. The Labute approximate surface area is 131 Å². The molecule has 8 heteroatoms. The van der Waals surface area contributed by atoms with Crippen LogP contribution in [0.3, 0.4) is 0 Å². The molecule has 1 aromatic rings. The molecule has 1 heterocycles. The number of rotatable bonds is 3. The number of carbonyl (C=O) groups excluding carboxylic acids is 1. The van der Waals surface area contributed by atoms with Gasteiger partial charge in [0.1, 0.15) is 5.75 Å². The van der Waals surface area contributed by atoms with E-state index in [4.69, 9.17) is 4.74 Å². The lowest BCUT2D eigenvalue weighted by molar-refractivity contribution is -0.297. The SMILES string of the molecule is COc1cccc(C(=O)N2N=C(C(C)C)C[C@@]2(O)C(F)(F)F)c1. The van der Waals surface area contributed by atoms with E-state index in [0.29, 0.717) is 5.75 Å². The zero-order valence-electron chi connectivity index (χ0n) is 12.9. The highest BCUT2D eigenvalue weighted by Crippen LogP contribution is 2.42. The van der Waals surface area contributed by atoms with Gasteiger partial charge in [-0.3, -0.25) is 4.79 Å². The number of hydrazone groups is 1. The number of benzene rings is 1. The number of ether oxygens (including phenoxy) is 1. The second-order valence-corrected chi connectivity index (χ2v) is 5.59. The highest BCUT2D eigenvalue weighted by atomic mass is 19.4. The highest BCUT2D eigenvalue weighted by Gasteiger charge is 2.63. The Hall–Kier alpha value is -2.09. The standard InChI is InChI=1S/C15H17F3N2O3/c1-9(2)12-8-14(22,15(16,17)18)20(19-12)13(21)10-5-4-6-11(7-10)23-3/h4-7,9,22H,8H2,1-3H3/t14-/m1/s1. The molecular formula is C15H17F3N2O3. The molecule has 0 unspecified atom stereocenters. The van der Waals surface area contributed by atoms with E-state index < -0.39 is 24.2 Å². The molecule has 0 aromatic heterocycles. The lowest BCUT2D eigenvalue weighted by Crippen LogP contribution is -2.56. The minimum Gasteiger partial charge on any atom is -0.497 e. The first kappa shape index (κ1) is 17.3. The van der Waals surface area contributed by atoms with Crippen LogP contribution in [0.15, 0.2) is 29.4 Å². The smallest absolute Gasteiger partial charge is 0.438 e. The first-order valence-corrected chi connectivity index (χ1v) is 6.95. The Morgan fingerprint density at radius 3 is 2.61 bits per heavy atom. The fourth-order valence-electron chi connectivity index (χ4n) is 2.21. The fourth-order valence-corrected chi connectivity index (χ4v) is 2.21. The summed E-state index contributed by atoms with van der Waals surface area (Å²) in [6, 6.07) is 5.66. The summed E-state index contributed by atoms with van der Waals surface area (Å²) in [5, 5.41) is 14.0. The molecule has 0 bridgehead atoms. The molecular weight excluding hydrogens is 313 g/mol. The van der Waals surface area contributed by atoms with Crippen LogP contribution in [0.4, 0.5) is 13.2 Å². The molecule has 1 N–H and O–H groups in total. The molecule has 1 aromatic carbocycles. The Morgan fingerprint density at radius 2 is 2.09 bits per heavy atom. The highest BCUT2D eigenvalue weighted by molar-refractivity contribution is 5.99. The van der Waals surface area contributed by atoms with E-state index >= 15 is 0 Å². The number of nitrogens with zero attached hydrogens (tertiary/aromatic N) is 2. The van der Waals surface area contributed by atoms with Crippen LogP contribution in [0.5, 0.6) is 5.75 Å². The van der Waals surface area contributed by atoms with Gasteiger partial charge in [0.15, 0.2) is 0 Å². The van der Waals surface area contributed by atoms with Gasteiger partial charge >= 0.3 is 6.18 Å². The number of alkyl halides is 3. The number of methoxy groups -OCH3 is 1. The summed E-state index contributed by atoms with van der Waals surface area (Å²) in [5.41, 5.74) is -3.28. The zero-order chi connectivity index (χ0) is 17.4. The van der Waals surface area contributed by atoms with Gasteiger partial charge in [0.05, 0.1) is 7.11 Å².